The number of amidine groups is 1. The van der Waals surface area contributed by atoms with Crippen molar-refractivity contribution in [1.82, 2.24) is 24.1 Å². The minimum absolute atomic E-state index is 0.0449. The molecule has 2 N–H and O–H groups in total. The van der Waals surface area contributed by atoms with Crippen molar-refractivity contribution in [2.75, 3.05) is 5.73 Å². The fourth-order valence-electron chi connectivity index (χ4n) is 4.51. The summed E-state index contributed by atoms with van der Waals surface area (Å²) in [6.07, 6.45) is 8.80. The molecule has 0 amide bonds. The van der Waals surface area contributed by atoms with Crippen LogP contribution in [0.3, 0.4) is 0 Å². The maximum absolute atomic E-state index is 15.4. The van der Waals surface area contributed by atoms with Gasteiger partial charge in [0, 0.05) is 30.9 Å². The molecular weight excluding hydrogens is 495 g/mol. The third kappa shape index (κ3) is 4.30. The molecule has 39 heavy (non-hydrogen) atoms. The van der Waals surface area contributed by atoms with Crippen molar-refractivity contribution in [1.29, 1.82) is 0 Å². The molecule has 5 aromatic rings. The summed E-state index contributed by atoms with van der Waals surface area (Å²) in [4.78, 5) is 21.2. The number of terminal acetylenes is 1. The smallest absolute Gasteiger partial charge is 0.321 e. The average molecular weight is 521 g/mol. The van der Waals surface area contributed by atoms with Crippen molar-refractivity contribution in [3.63, 3.8) is 0 Å². The molecule has 0 unspecified atom stereocenters. The van der Waals surface area contributed by atoms with E-state index in [2.05, 4.69) is 37.6 Å². The molecule has 2 aromatic carbocycles. The lowest BCUT2D eigenvalue weighted by Crippen LogP contribution is -2.06. The van der Waals surface area contributed by atoms with Crippen molar-refractivity contribution in [3.05, 3.63) is 66.1 Å². The van der Waals surface area contributed by atoms with Gasteiger partial charge in [0.05, 0.1) is 22.1 Å². The highest BCUT2D eigenvalue weighted by atomic mass is 19.1. The molecule has 0 spiro atoms. The Kier molecular flexibility index (Phi) is 6.42. The second kappa shape index (κ2) is 9.87. The van der Waals surface area contributed by atoms with Gasteiger partial charge in [-0.1, -0.05) is 18.2 Å². The Morgan fingerprint density at radius 3 is 2.62 bits per heavy atom. The lowest BCUT2D eigenvalue weighted by Gasteiger charge is -2.11. The van der Waals surface area contributed by atoms with E-state index in [4.69, 9.17) is 16.9 Å². The molecule has 0 saturated carbocycles. The molecule has 9 nitrogen and oxygen atoms in total. The number of hydrogen-bond acceptors (Lipinski definition) is 6. The van der Waals surface area contributed by atoms with E-state index in [9.17, 15) is 0 Å². The number of hydrogen-bond donors (Lipinski definition) is 1. The number of aryl methyl sites for hydroxylation is 2. The normalized spacial score (nSPS) is 12.2. The second-order valence-corrected chi connectivity index (χ2v) is 8.81. The van der Waals surface area contributed by atoms with Crippen LogP contribution in [0.15, 0.2) is 64.5 Å². The molecule has 10 heteroatoms. The minimum Gasteiger partial charge on any atom is -0.421 e. The van der Waals surface area contributed by atoms with E-state index in [-0.39, 0.29) is 17.6 Å². The van der Waals surface area contributed by atoms with Crippen LogP contribution in [0.1, 0.15) is 19.7 Å². The summed E-state index contributed by atoms with van der Waals surface area (Å²) in [7, 11) is 3.74. The number of ether oxygens (including phenoxy) is 1. The van der Waals surface area contributed by atoms with Gasteiger partial charge in [-0.05, 0) is 56.3 Å². The summed E-state index contributed by atoms with van der Waals surface area (Å²) < 4.78 is 24.8. The lowest BCUT2D eigenvalue weighted by atomic mass is 9.98. The Bertz CT molecular complexity index is 1890. The summed E-state index contributed by atoms with van der Waals surface area (Å²) in [5, 5.41) is 0.604. The minimum atomic E-state index is -0.612. The highest BCUT2D eigenvalue weighted by Gasteiger charge is 2.23. The van der Waals surface area contributed by atoms with E-state index in [1.165, 1.54) is 18.5 Å². The molecule has 0 aliphatic carbocycles. The summed E-state index contributed by atoms with van der Waals surface area (Å²) in [6, 6.07) is 10.4. The third-order valence-electron chi connectivity index (χ3n) is 6.53. The van der Waals surface area contributed by atoms with Gasteiger partial charge in [-0.15, -0.1) is 6.42 Å². The number of benzene rings is 2. The van der Waals surface area contributed by atoms with E-state index in [0.29, 0.717) is 33.7 Å². The first-order valence-electron chi connectivity index (χ1n) is 12.0. The number of halogens is 1. The van der Waals surface area contributed by atoms with Gasteiger partial charge in [-0.2, -0.15) is 0 Å². The zero-order chi connectivity index (χ0) is 27.8. The standard InChI is InChI=1S/C29H25FN8O/c1-7-16(3)35-29(32-4)39-22-12-10-17(13-19(22)30)24-25-27(31)33-15-34-28(25)38(6)26(24)18-9-11-21-20(14-18)36-23(8-2)37(21)5/h2,7,9-15H,4H2,1,3,5-6H3,(H2,31,33,34)/b16-7-,35-29?. The largest absolute Gasteiger partial charge is 0.421 e. The molecule has 0 aliphatic rings. The first-order chi connectivity index (χ1) is 18.8. The number of allylic oxidation sites excluding steroid dienone is 2. The average Bonchev–Trinajstić information content (AvgIpc) is 3.42. The summed E-state index contributed by atoms with van der Waals surface area (Å²) in [5.41, 5.74) is 12.0. The van der Waals surface area contributed by atoms with Crippen LogP contribution in [0.2, 0.25) is 0 Å². The predicted octanol–water partition coefficient (Wildman–Crippen LogP) is 5.25. The van der Waals surface area contributed by atoms with Crippen molar-refractivity contribution >= 4 is 40.6 Å². The number of aliphatic imine (C=N–C) groups is 2. The van der Waals surface area contributed by atoms with Gasteiger partial charge in [0.25, 0.3) is 0 Å². The molecular formula is C29H25FN8O. The van der Waals surface area contributed by atoms with Crippen LogP contribution >= 0.6 is 0 Å². The van der Waals surface area contributed by atoms with E-state index in [1.807, 2.05) is 48.4 Å². The van der Waals surface area contributed by atoms with Crippen LogP contribution in [0.5, 0.6) is 5.75 Å². The fourth-order valence-corrected chi connectivity index (χ4v) is 4.51. The zero-order valence-electron chi connectivity index (χ0n) is 21.9. The maximum atomic E-state index is 15.4. The molecule has 0 atom stereocenters. The van der Waals surface area contributed by atoms with Gasteiger partial charge in [-0.25, -0.2) is 29.3 Å². The van der Waals surface area contributed by atoms with Gasteiger partial charge in [0.15, 0.2) is 17.4 Å². The van der Waals surface area contributed by atoms with Gasteiger partial charge < -0.3 is 19.6 Å². The first kappa shape index (κ1) is 25.4. The van der Waals surface area contributed by atoms with Crippen LogP contribution in [-0.4, -0.2) is 36.8 Å². The number of anilines is 1. The number of rotatable bonds is 4. The quantitative estimate of drug-likeness (QED) is 0.198. The molecule has 194 valence electrons. The number of aromatic nitrogens is 5. The first-order valence-corrected chi connectivity index (χ1v) is 12.0. The number of nitrogens with zero attached hydrogens (tertiary/aromatic N) is 7. The fraction of sp³-hybridized carbons (Fsp3) is 0.138. The SMILES string of the molecule is C#Cc1nc2cc(-c3c(-c4ccc(OC(N=C)=N/C(C)=C\C)c(F)c4)c4c(N)ncnc4n3C)ccc2n1C. The highest BCUT2D eigenvalue weighted by Crippen LogP contribution is 2.43. The van der Waals surface area contributed by atoms with Crippen LogP contribution in [0.25, 0.3) is 44.5 Å². The van der Waals surface area contributed by atoms with Crippen LogP contribution in [-0.2, 0) is 14.1 Å². The molecule has 3 aromatic heterocycles. The van der Waals surface area contributed by atoms with Gasteiger partial charge in [0.1, 0.15) is 17.8 Å². The van der Waals surface area contributed by atoms with Crippen molar-refractivity contribution in [2.45, 2.75) is 13.8 Å². The molecule has 0 radical (unpaired) electrons. The number of nitrogen functional groups attached to an aromatic ring is 1. The van der Waals surface area contributed by atoms with E-state index < -0.39 is 5.82 Å². The Morgan fingerprint density at radius 2 is 1.92 bits per heavy atom. The van der Waals surface area contributed by atoms with Crippen LogP contribution in [0.4, 0.5) is 10.2 Å². The molecule has 0 aliphatic heterocycles. The van der Waals surface area contributed by atoms with Gasteiger partial charge in [-0.3, -0.25) is 0 Å². The van der Waals surface area contributed by atoms with Crippen LogP contribution < -0.4 is 10.5 Å². The number of fused-ring (bicyclic) bond motifs is 2. The van der Waals surface area contributed by atoms with Gasteiger partial charge in [0.2, 0.25) is 0 Å². The van der Waals surface area contributed by atoms with E-state index >= 15 is 4.39 Å². The maximum Gasteiger partial charge on any atom is 0.321 e. The molecule has 0 fully saturated rings. The van der Waals surface area contributed by atoms with Gasteiger partial charge >= 0.3 is 6.02 Å². The topological polar surface area (TPSA) is 108 Å². The van der Waals surface area contributed by atoms with E-state index in [0.717, 1.165) is 22.3 Å². The summed E-state index contributed by atoms with van der Waals surface area (Å²) in [5.74, 6) is 2.74. The van der Waals surface area contributed by atoms with Crippen molar-refractivity contribution in [2.24, 2.45) is 24.1 Å². The summed E-state index contributed by atoms with van der Waals surface area (Å²) >= 11 is 0. The number of nitrogens with two attached hydrogens (primary N) is 1. The predicted molar refractivity (Wildman–Crippen MR) is 153 cm³/mol. The third-order valence-corrected chi connectivity index (χ3v) is 6.53. The molecule has 0 saturated heterocycles. The Morgan fingerprint density at radius 1 is 1.15 bits per heavy atom. The Balaban J connectivity index is 1.71. The van der Waals surface area contributed by atoms with Crippen LogP contribution in [0, 0.1) is 18.2 Å². The molecule has 5 rings (SSSR count). The molecule has 3 heterocycles. The number of imidazole rings is 1. The van der Waals surface area contributed by atoms with Crippen molar-refractivity contribution in [3.8, 4) is 40.5 Å². The second-order valence-electron chi connectivity index (χ2n) is 8.81. The Labute approximate surface area is 224 Å². The highest BCUT2D eigenvalue weighted by molar-refractivity contribution is 6.08. The van der Waals surface area contributed by atoms with E-state index in [1.54, 1.807) is 19.1 Å². The zero-order valence-corrected chi connectivity index (χ0v) is 21.9. The monoisotopic (exact) mass is 520 g/mol. The lowest BCUT2D eigenvalue weighted by molar-refractivity contribution is 0.486. The Hall–Kier alpha value is -5.30. The van der Waals surface area contributed by atoms with Crippen molar-refractivity contribution < 1.29 is 9.13 Å². The summed E-state index contributed by atoms with van der Waals surface area (Å²) in [6.45, 7) is 7.06. The molecule has 0 bridgehead atoms.